The number of likely N-dealkylation sites (N-methyl/N-ethyl adjacent to an activating group) is 1. The molecular formula is C12H22N2O3. The van der Waals surface area contributed by atoms with Crippen molar-refractivity contribution >= 4 is 11.9 Å². The van der Waals surface area contributed by atoms with Gasteiger partial charge in [0.15, 0.2) is 0 Å². The minimum Gasteiger partial charge on any atom is -0.481 e. The monoisotopic (exact) mass is 242 g/mol. The van der Waals surface area contributed by atoms with E-state index in [-0.39, 0.29) is 18.4 Å². The second-order valence-electron chi connectivity index (χ2n) is 4.80. The number of nitrogens with zero attached hydrogens (tertiary/aromatic N) is 2. The van der Waals surface area contributed by atoms with E-state index in [1.807, 2.05) is 4.90 Å². The molecule has 0 radical (unpaired) electrons. The number of carbonyl (C=O) groups is 2. The predicted molar refractivity (Wildman–Crippen MR) is 64.8 cm³/mol. The Bertz CT molecular complexity index is 281. The molecule has 0 bridgehead atoms. The zero-order valence-electron chi connectivity index (χ0n) is 10.7. The number of rotatable bonds is 4. The highest BCUT2D eigenvalue weighted by molar-refractivity contribution is 5.77. The molecule has 1 unspecified atom stereocenters. The molecule has 1 rings (SSSR count). The maximum Gasteiger partial charge on any atom is 0.303 e. The van der Waals surface area contributed by atoms with Crippen molar-refractivity contribution in [3.05, 3.63) is 0 Å². The summed E-state index contributed by atoms with van der Waals surface area (Å²) in [6, 6.07) is 0.222. The summed E-state index contributed by atoms with van der Waals surface area (Å²) in [5.41, 5.74) is 0. The van der Waals surface area contributed by atoms with E-state index in [9.17, 15) is 9.59 Å². The van der Waals surface area contributed by atoms with Crippen LogP contribution in [0.5, 0.6) is 0 Å². The summed E-state index contributed by atoms with van der Waals surface area (Å²) in [6.07, 6.45) is 1.85. The molecule has 17 heavy (non-hydrogen) atoms. The van der Waals surface area contributed by atoms with E-state index < -0.39 is 5.97 Å². The molecule has 0 spiro atoms. The van der Waals surface area contributed by atoms with Gasteiger partial charge in [0.25, 0.3) is 0 Å². The summed E-state index contributed by atoms with van der Waals surface area (Å²) >= 11 is 0. The number of amides is 1. The van der Waals surface area contributed by atoms with Gasteiger partial charge in [-0.05, 0) is 33.4 Å². The van der Waals surface area contributed by atoms with Crippen LogP contribution in [0, 0.1) is 0 Å². The Morgan fingerprint density at radius 3 is 2.65 bits per heavy atom. The SMILES string of the molecule is CC1CN(C)CCCN1C(=O)CCCC(=O)O. The molecule has 0 aromatic carbocycles. The van der Waals surface area contributed by atoms with Crippen molar-refractivity contribution in [2.45, 2.75) is 38.6 Å². The molecule has 1 aliphatic heterocycles. The lowest BCUT2D eigenvalue weighted by atomic mass is 10.2. The quantitative estimate of drug-likeness (QED) is 0.792. The molecule has 0 aromatic heterocycles. The third-order valence-electron chi connectivity index (χ3n) is 3.15. The minimum atomic E-state index is -0.832. The standard InChI is InChI=1S/C12H22N2O3/c1-10-9-13(2)7-4-8-14(10)11(15)5-3-6-12(16)17/h10H,3-9H2,1-2H3,(H,16,17). The fourth-order valence-corrected chi connectivity index (χ4v) is 2.28. The molecule has 0 aliphatic carbocycles. The summed E-state index contributed by atoms with van der Waals surface area (Å²) < 4.78 is 0. The summed E-state index contributed by atoms with van der Waals surface area (Å²) in [6.45, 7) is 4.75. The second kappa shape index (κ2) is 6.59. The number of carboxylic acids is 1. The van der Waals surface area contributed by atoms with Crippen molar-refractivity contribution in [3.63, 3.8) is 0 Å². The van der Waals surface area contributed by atoms with Crippen molar-refractivity contribution in [1.29, 1.82) is 0 Å². The Balaban J connectivity index is 2.41. The van der Waals surface area contributed by atoms with Gasteiger partial charge in [-0.15, -0.1) is 0 Å². The molecule has 5 heteroatoms. The number of carbonyl (C=O) groups excluding carboxylic acids is 1. The van der Waals surface area contributed by atoms with Crippen molar-refractivity contribution in [2.75, 3.05) is 26.7 Å². The fourth-order valence-electron chi connectivity index (χ4n) is 2.28. The van der Waals surface area contributed by atoms with Gasteiger partial charge in [-0.1, -0.05) is 0 Å². The maximum absolute atomic E-state index is 12.0. The first-order valence-electron chi connectivity index (χ1n) is 6.20. The zero-order valence-corrected chi connectivity index (χ0v) is 10.7. The van der Waals surface area contributed by atoms with Crippen LogP contribution in [0.4, 0.5) is 0 Å². The van der Waals surface area contributed by atoms with E-state index in [2.05, 4.69) is 18.9 Å². The smallest absolute Gasteiger partial charge is 0.303 e. The average Bonchev–Trinajstić information content (AvgIpc) is 2.38. The van der Waals surface area contributed by atoms with Crippen LogP contribution in [0.15, 0.2) is 0 Å². The zero-order chi connectivity index (χ0) is 12.8. The Morgan fingerprint density at radius 1 is 1.29 bits per heavy atom. The number of carboxylic acid groups (broad SMARTS) is 1. The van der Waals surface area contributed by atoms with E-state index in [4.69, 9.17) is 5.11 Å². The Morgan fingerprint density at radius 2 is 2.00 bits per heavy atom. The topological polar surface area (TPSA) is 60.9 Å². The third-order valence-corrected chi connectivity index (χ3v) is 3.15. The van der Waals surface area contributed by atoms with Gasteiger partial charge in [-0.25, -0.2) is 0 Å². The molecule has 0 saturated carbocycles. The summed E-state index contributed by atoms with van der Waals surface area (Å²) in [5, 5.41) is 8.54. The van der Waals surface area contributed by atoms with Gasteiger partial charge in [0, 0.05) is 32.0 Å². The molecule has 1 fully saturated rings. The van der Waals surface area contributed by atoms with E-state index in [0.29, 0.717) is 12.8 Å². The van der Waals surface area contributed by atoms with Gasteiger partial charge in [-0.2, -0.15) is 0 Å². The van der Waals surface area contributed by atoms with Crippen molar-refractivity contribution in [3.8, 4) is 0 Å². The maximum atomic E-state index is 12.0. The lowest BCUT2D eigenvalue weighted by molar-refractivity contribution is -0.137. The van der Waals surface area contributed by atoms with Crippen LogP contribution in [0.25, 0.3) is 0 Å². The largest absolute Gasteiger partial charge is 0.481 e. The molecule has 0 aromatic rings. The van der Waals surface area contributed by atoms with Crippen LogP contribution < -0.4 is 0 Å². The van der Waals surface area contributed by atoms with E-state index in [0.717, 1.165) is 26.1 Å². The highest BCUT2D eigenvalue weighted by atomic mass is 16.4. The average molecular weight is 242 g/mol. The summed E-state index contributed by atoms with van der Waals surface area (Å²) in [5.74, 6) is -0.740. The lowest BCUT2D eigenvalue weighted by Gasteiger charge is -2.28. The Kier molecular flexibility index (Phi) is 5.41. The Labute approximate surface area is 102 Å². The third kappa shape index (κ3) is 4.73. The normalized spacial score (nSPS) is 22.2. The minimum absolute atomic E-state index is 0.0772. The van der Waals surface area contributed by atoms with Gasteiger partial charge >= 0.3 is 5.97 Å². The van der Waals surface area contributed by atoms with Gasteiger partial charge in [-0.3, -0.25) is 9.59 Å². The van der Waals surface area contributed by atoms with Crippen LogP contribution >= 0.6 is 0 Å². The van der Waals surface area contributed by atoms with Gasteiger partial charge in [0.05, 0.1) is 0 Å². The summed E-state index contributed by atoms with van der Waals surface area (Å²) in [4.78, 5) is 26.5. The highest BCUT2D eigenvalue weighted by Gasteiger charge is 2.23. The molecule has 1 amide bonds. The van der Waals surface area contributed by atoms with Gasteiger partial charge < -0.3 is 14.9 Å². The number of hydrogen-bond donors (Lipinski definition) is 1. The first kappa shape index (κ1) is 14.0. The van der Waals surface area contributed by atoms with E-state index in [1.54, 1.807) is 0 Å². The van der Waals surface area contributed by atoms with Crippen molar-refractivity contribution in [2.24, 2.45) is 0 Å². The first-order valence-corrected chi connectivity index (χ1v) is 6.20. The number of hydrogen-bond acceptors (Lipinski definition) is 3. The Hall–Kier alpha value is -1.10. The molecule has 1 N–H and O–H groups in total. The van der Waals surface area contributed by atoms with Crippen LogP contribution in [0.3, 0.4) is 0 Å². The van der Waals surface area contributed by atoms with Crippen LogP contribution in [0.2, 0.25) is 0 Å². The molecular weight excluding hydrogens is 220 g/mol. The molecule has 5 nitrogen and oxygen atoms in total. The highest BCUT2D eigenvalue weighted by Crippen LogP contribution is 2.11. The second-order valence-corrected chi connectivity index (χ2v) is 4.80. The fraction of sp³-hybridized carbons (Fsp3) is 0.833. The predicted octanol–water partition coefficient (Wildman–Crippen LogP) is 0.794. The number of aliphatic carboxylic acids is 1. The first-order chi connectivity index (χ1) is 8.00. The van der Waals surface area contributed by atoms with Gasteiger partial charge in [0.2, 0.25) is 5.91 Å². The van der Waals surface area contributed by atoms with Crippen LogP contribution in [0.1, 0.15) is 32.6 Å². The van der Waals surface area contributed by atoms with E-state index >= 15 is 0 Å². The van der Waals surface area contributed by atoms with Gasteiger partial charge in [0.1, 0.15) is 0 Å². The van der Waals surface area contributed by atoms with E-state index in [1.165, 1.54) is 0 Å². The molecule has 98 valence electrons. The van der Waals surface area contributed by atoms with Crippen molar-refractivity contribution < 1.29 is 14.7 Å². The van der Waals surface area contributed by atoms with Crippen molar-refractivity contribution in [1.82, 2.24) is 9.80 Å². The lowest BCUT2D eigenvalue weighted by Crippen LogP contribution is -2.41. The molecule has 1 aliphatic rings. The summed E-state index contributed by atoms with van der Waals surface area (Å²) in [7, 11) is 2.06. The molecule has 1 saturated heterocycles. The van der Waals surface area contributed by atoms with Crippen LogP contribution in [-0.2, 0) is 9.59 Å². The van der Waals surface area contributed by atoms with Crippen LogP contribution in [-0.4, -0.2) is 59.5 Å². The molecule has 1 heterocycles. The molecule has 1 atom stereocenters.